The Morgan fingerprint density at radius 1 is 1.30 bits per heavy atom. The maximum Gasteiger partial charge on any atom is 0.328 e. The lowest BCUT2D eigenvalue weighted by atomic mass is 10.0. The first-order valence-corrected chi connectivity index (χ1v) is 6.58. The molecule has 0 fully saturated rings. The van der Waals surface area contributed by atoms with Gasteiger partial charge in [-0.25, -0.2) is 4.79 Å². The van der Waals surface area contributed by atoms with Crippen molar-refractivity contribution in [2.45, 2.75) is 26.3 Å². The molecule has 0 unspecified atom stereocenters. The Bertz CT molecular complexity index is 459. The molecule has 0 saturated heterocycles. The van der Waals surface area contributed by atoms with Crippen LogP contribution in [-0.4, -0.2) is 38.2 Å². The molecule has 1 N–H and O–H groups in total. The highest BCUT2D eigenvalue weighted by Crippen LogP contribution is 2.10. The minimum atomic E-state index is -0.700. The molecule has 1 aromatic rings. The van der Waals surface area contributed by atoms with Gasteiger partial charge in [-0.15, -0.1) is 0 Å². The lowest BCUT2D eigenvalue weighted by Gasteiger charge is -2.17. The Hall–Kier alpha value is -1.88. The number of nitrogens with one attached hydrogen (secondary N) is 1. The summed E-state index contributed by atoms with van der Waals surface area (Å²) >= 11 is 0. The van der Waals surface area contributed by atoms with E-state index in [9.17, 15) is 9.59 Å². The van der Waals surface area contributed by atoms with E-state index < -0.39 is 12.0 Å². The normalized spacial score (nSPS) is 11.8. The molecule has 0 aliphatic carbocycles. The molecular formula is C15H21NO4. The Balaban J connectivity index is 2.72. The predicted octanol–water partition coefficient (Wildman–Crippen LogP) is 1.23. The van der Waals surface area contributed by atoms with Gasteiger partial charge in [0.1, 0.15) is 12.6 Å². The second-order valence-electron chi connectivity index (χ2n) is 4.41. The number of hydrogen-bond acceptors (Lipinski definition) is 4. The second-order valence-corrected chi connectivity index (χ2v) is 4.41. The summed E-state index contributed by atoms with van der Waals surface area (Å²) in [6, 6.07) is 7.03. The monoisotopic (exact) mass is 279 g/mol. The van der Waals surface area contributed by atoms with Crippen molar-refractivity contribution < 1.29 is 19.1 Å². The summed E-state index contributed by atoms with van der Waals surface area (Å²) < 4.78 is 9.75. The van der Waals surface area contributed by atoms with Crippen LogP contribution in [0.3, 0.4) is 0 Å². The summed E-state index contributed by atoms with van der Waals surface area (Å²) in [6.45, 7) is 4.16. The van der Waals surface area contributed by atoms with Crippen LogP contribution in [0.4, 0.5) is 0 Å². The van der Waals surface area contributed by atoms with Crippen LogP contribution in [0.25, 0.3) is 0 Å². The van der Waals surface area contributed by atoms with Crippen molar-refractivity contribution >= 4 is 11.9 Å². The van der Waals surface area contributed by atoms with E-state index in [2.05, 4.69) is 5.32 Å². The highest BCUT2D eigenvalue weighted by Gasteiger charge is 2.22. The van der Waals surface area contributed by atoms with E-state index in [1.54, 1.807) is 6.92 Å². The molecule has 0 radical (unpaired) electrons. The van der Waals surface area contributed by atoms with Crippen LogP contribution >= 0.6 is 0 Å². The van der Waals surface area contributed by atoms with Crippen LogP contribution in [0.2, 0.25) is 0 Å². The third-order valence-corrected chi connectivity index (χ3v) is 2.94. The third-order valence-electron chi connectivity index (χ3n) is 2.94. The first kappa shape index (κ1) is 16.2. The number of aryl methyl sites for hydroxylation is 1. The van der Waals surface area contributed by atoms with Crippen molar-refractivity contribution in [3.05, 3.63) is 35.4 Å². The van der Waals surface area contributed by atoms with Crippen molar-refractivity contribution in [3.63, 3.8) is 0 Å². The largest absolute Gasteiger partial charge is 0.467 e. The van der Waals surface area contributed by atoms with Crippen molar-refractivity contribution in [2.24, 2.45) is 0 Å². The van der Waals surface area contributed by atoms with Crippen LogP contribution in [-0.2, 0) is 25.5 Å². The topological polar surface area (TPSA) is 64.6 Å². The molecule has 5 nitrogen and oxygen atoms in total. The Labute approximate surface area is 119 Å². The van der Waals surface area contributed by atoms with Gasteiger partial charge in [0.05, 0.1) is 7.11 Å². The maximum atomic E-state index is 11.8. The summed E-state index contributed by atoms with van der Waals surface area (Å²) in [4.78, 5) is 23.4. The quantitative estimate of drug-likeness (QED) is 0.763. The molecule has 0 heterocycles. The van der Waals surface area contributed by atoms with Crippen LogP contribution in [0, 0.1) is 6.92 Å². The molecule has 0 aliphatic heterocycles. The lowest BCUT2D eigenvalue weighted by molar-refractivity contribution is -0.145. The van der Waals surface area contributed by atoms with E-state index in [0.29, 0.717) is 13.0 Å². The number of methoxy groups -OCH3 is 1. The van der Waals surface area contributed by atoms with Crippen LogP contribution < -0.4 is 5.32 Å². The van der Waals surface area contributed by atoms with Gasteiger partial charge in [-0.05, 0) is 25.0 Å². The summed E-state index contributed by atoms with van der Waals surface area (Å²) in [6.07, 6.45) is 0.400. The summed E-state index contributed by atoms with van der Waals surface area (Å²) in [5.74, 6) is -0.783. The van der Waals surface area contributed by atoms with Crippen LogP contribution in [0.15, 0.2) is 24.3 Å². The zero-order valence-electron chi connectivity index (χ0n) is 12.1. The average molecular weight is 279 g/mol. The Morgan fingerprint density at radius 2 is 2.00 bits per heavy atom. The molecule has 1 rings (SSSR count). The van der Waals surface area contributed by atoms with Crippen molar-refractivity contribution in [1.29, 1.82) is 0 Å². The van der Waals surface area contributed by atoms with E-state index in [0.717, 1.165) is 11.1 Å². The first-order valence-electron chi connectivity index (χ1n) is 6.58. The van der Waals surface area contributed by atoms with Gasteiger partial charge in [0, 0.05) is 13.0 Å². The fraction of sp³-hybridized carbons (Fsp3) is 0.467. The molecule has 0 bridgehead atoms. The second kappa shape index (κ2) is 8.32. The minimum Gasteiger partial charge on any atom is -0.467 e. The van der Waals surface area contributed by atoms with Crippen molar-refractivity contribution in [3.8, 4) is 0 Å². The number of amides is 1. The van der Waals surface area contributed by atoms with E-state index in [1.807, 2.05) is 31.2 Å². The summed E-state index contributed by atoms with van der Waals surface area (Å²) in [5.41, 5.74) is 2.07. The van der Waals surface area contributed by atoms with Crippen LogP contribution in [0.5, 0.6) is 0 Å². The molecular weight excluding hydrogens is 258 g/mol. The van der Waals surface area contributed by atoms with Gasteiger partial charge in [-0.3, -0.25) is 4.79 Å². The fourth-order valence-electron chi connectivity index (χ4n) is 1.83. The van der Waals surface area contributed by atoms with E-state index in [4.69, 9.17) is 9.47 Å². The number of carbonyl (C=O) groups is 2. The van der Waals surface area contributed by atoms with Crippen molar-refractivity contribution in [2.75, 3.05) is 20.3 Å². The molecule has 0 aromatic heterocycles. The zero-order valence-corrected chi connectivity index (χ0v) is 12.1. The first-order chi connectivity index (χ1) is 9.58. The van der Waals surface area contributed by atoms with Crippen molar-refractivity contribution in [1.82, 2.24) is 5.32 Å². The highest BCUT2D eigenvalue weighted by atomic mass is 16.5. The Kier molecular flexibility index (Phi) is 6.73. The number of hydrogen-bond donors (Lipinski definition) is 1. The molecule has 1 aromatic carbocycles. The molecule has 1 atom stereocenters. The summed E-state index contributed by atoms with van der Waals surface area (Å²) in [7, 11) is 1.31. The van der Waals surface area contributed by atoms with E-state index >= 15 is 0 Å². The maximum absolute atomic E-state index is 11.8. The average Bonchev–Trinajstić information content (AvgIpc) is 2.45. The molecule has 1 amide bonds. The van der Waals surface area contributed by atoms with Gasteiger partial charge in [-0.1, -0.05) is 24.3 Å². The van der Waals surface area contributed by atoms with E-state index in [1.165, 1.54) is 7.11 Å². The number of esters is 1. The minimum absolute atomic E-state index is 0.0578. The third kappa shape index (κ3) is 5.01. The molecule has 0 saturated carbocycles. The number of ether oxygens (including phenoxy) is 2. The van der Waals surface area contributed by atoms with Gasteiger partial charge in [0.2, 0.25) is 5.91 Å². The standard InChI is InChI=1S/C15H21NO4/c1-4-20-10-14(17)16-13(15(18)19-3)9-12-8-6-5-7-11(12)2/h5-8,13H,4,9-10H2,1-3H3,(H,16,17)/t13-/m0/s1. The Morgan fingerprint density at radius 3 is 2.60 bits per heavy atom. The van der Waals surface area contributed by atoms with Gasteiger partial charge in [-0.2, -0.15) is 0 Å². The molecule has 5 heteroatoms. The van der Waals surface area contributed by atoms with Gasteiger partial charge in [0.15, 0.2) is 0 Å². The van der Waals surface area contributed by atoms with Gasteiger partial charge >= 0.3 is 5.97 Å². The lowest BCUT2D eigenvalue weighted by Crippen LogP contribution is -2.44. The molecule has 0 spiro atoms. The number of benzene rings is 1. The molecule has 110 valence electrons. The highest BCUT2D eigenvalue weighted by molar-refractivity contribution is 5.85. The zero-order chi connectivity index (χ0) is 15.0. The summed E-state index contributed by atoms with van der Waals surface area (Å²) in [5, 5.41) is 2.64. The fourth-order valence-corrected chi connectivity index (χ4v) is 1.83. The van der Waals surface area contributed by atoms with Gasteiger partial charge < -0.3 is 14.8 Å². The van der Waals surface area contributed by atoms with Gasteiger partial charge in [0.25, 0.3) is 0 Å². The SMILES string of the molecule is CCOCC(=O)N[C@@H](Cc1ccccc1C)C(=O)OC. The number of rotatable bonds is 7. The van der Waals surface area contributed by atoms with E-state index in [-0.39, 0.29) is 12.5 Å². The molecule has 0 aliphatic rings. The smallest absolute Gasteiger partial charge is 0.328 e. The number of carbonyl (C=O) groups excluding carboxylic acids is 2. The molecule has 20 heavy (non-hydrogen) atoms. The predicted molar refractivity (Wildman–Crippen MR) is 75.3 cm³/mol. The van der Waals surface area contributed by atoms with Crippen LogP contribution in [0.1, 0.15) is 18.1 Å².